The van der Waals surface area contributed by atoms with Crippen LogP contribution in [0.3, 0.4) is 0 Å². The third kappa shape index (κ3) is 8.26. The summed E-state index contributed by atoms with van der Waals surface area (Å²) < 4.78 is 11.9. The second-order valence-corrected chi connectivity index (χ2v) is 10.5. The maximum Gasteiger partial charge on any atom is 0.407 e. The van der Waals surface area contributed by atoms with Crippen molar-refractivity contribution < 1.29 is 19.1 Å². The molecule has 1 aliphatic heterocycles. The summed E-state index contributed by atoms with van der Waals surface area (Å²) >= 11 is 6.89. The van der Waals surface area contributed by atoms with E-state index < -0.39 is 30.3 Å². The molecule has 1 aromatic carbocycles. The Bertz CT molecular complexity index is 1610. The molecule has 0 aliphatic carbocycles. The van der Waals surface area contributed by atoms with E-state index in [1.54, 1.807) is 12.1 Å². The predicted molar refractivity (Wildman–Crippen MR) is 172 cm³/mol. The maximum absolute atomic E-state index is 12.8. The van der Waals surface area contributed by atoms with Crippen molar-refractivity contribution >= 4 is 77.3 Å². The number of hydrogen-bond donors (Lipinski definition) is 4. The van der Waals surface area contributed by atoms with Crippen LogP contribution in [0.2, 0.25) is 5.02 Å². The lowest BCUT2D eigenvalue weighted by molar-refractivity contribution is -0.153. The number of anilines is 4. The Morgan fingerprint density at radius 1 is 1.24 bits per heavy atom. The van der Waals surface area contributed by atoms with E-state index in [0.717, 1.165) is 0 Å². The van der Waals surface area contributed by atoms with Crippen LogP contribution in [0.5, 0.6) is 0 Å². The third-order valence-electron chi connectivity index (χ3n) is 6.90. The number of nitrogens with two attached hydrogens (primary N) is 1. The van der Waals surface area contributed by atoms with Crippen molar-refractivity contribution in [2.24, 2.45) is 11.7 Å². The number of alkyl carbamates (subject to hydrolysis) is 1. The number of amides is 1. The van der Waals surface area contributed by atoms with Crippen molar-refractivity contribution in [2.45, 2.75) is 45.4 Å². The fourth-order valence-corrected chi connectivity index (χ4v) is 4.82. The molecule has 15 nitrogen and oxygen atoms in total. The Morgan fingerprint density at radius 2 is 1.98 bits per heavy atom. The number of nitrogens with one attached hydrogen (secondary N) is 3. The van der Waals surface area contributed by atoms with Gasteiger partial charge in [-0.1, -0.05) is 25.4 Å². The average molecular weight is 683 g/mol. The van der Waals surface area contributed by atoms with E-state index in [-0.39, 0.29) is 53.9 Å². The summed E-state index contributed by atoms with van der Waals surface area (Å²) in [4.78, 5) is 35.4. The Hall–Kier alpha value is -4.28. The number of ether oxygens (including phenoxy) is 2. The van der Waals surface area contributed by atoms with Gasteiger partial charge in [-0.15, -0.1) is 29.9 Å². The minimum Gasteiger partial charge on any atom is -0.457 e. The van der Waals surface area contributed by atoms with Gasteiger partial charge >= 0.3 is 12.1 Å². The van der Waals surface area contributed by atoms with E-state index in [2.05, 4.69) is 37.1 Å². The van der Waals surface area contributed by atoms with E-state index in [0.29, 0.717) is 47.9 Å². The molecule has 1 fully saturated rings. The highest BCUT2D eigenvalue weighted by molar-refractivity contribution is 6.36. The van der Waals surface area contributed by atoms with Gasteiger partial charge in [-0.25, -0.2) is 9.78 Å². The largest absolute Gasteiger partial charge is 0.457 e. The molecule has 1 aliphatic rings. The number of hydrogen-bond acceptors (Lipinski definition) is 13. The highest BCUT2D eigenvalue weighted by Crippen LogP contribution is 2.37. The summed E-state index contributed by atoms with van der Waals surface area (Å²) in [6, 6.07) is 5.96. The molecule has 1 saturated heterocycles. The predicted octanol–water partition coefficient (Wildman–Crippen LogP) is 3.37. The quantitative estimate of drug-likeness (QED) is 0.239. The van der Waals surface area contributed by atoms with Gasteiger partial charge in [0, 0.05) is 13.1 Å². The van der Waals surface area contributed by atoms with Crippen LogP contribution in [-0.4, -0.2) is 76.6 Å². The number of methoxy groups -OCH3 is 1. The van der Waals surface area contributed by atoms with Crippen LogP contribution < -0.4 is 26.6 Å². The van der Waals surface area contributed by atoms with E-state index in [1.165, 1.54) is 17.8 Å². The van der Waals surface area contributed by atoms with Crippen molar-refractivity contribution in [1.82, 2.24) is 24.9 Å². The molecule has 4 rings (SSSR count). The zero-order valence-corrected chi connectivity index (χ0v) is 27.3. The monoisotopic (exact) mass is 681 g/mol. The average Bonchev–Trinajstić information content (AvgIpc) is 3.41. The van der Waals surface area contributed by atoms with Gasteiger partial charge in [0.15, 0.2) is 17.2 Å². The van der Waals surface area contributed by atoms with Crippen molar-refractivity contribution in [1.29, 1.82) is 10.5 Å². The molecule has 0 saturated carbocycles. The van der Waals surface area contributed by atoms with Gasteiger partial charge in [0.2, 0.25) is 5.95 Å². The van der Waals surface area contributed by atoms with Crippen LogP contribution in [0.15, 0.2) is 18.3 Å². The fraction of sp³-hybridized carbons (Fsp3) is 0.444. The summed E-state index contributed by atoms with van der Waals surface area (Å²) in [5, 5.41) is 32.9. The van der Waals surface area contributed by atoms with Gasteiger partial charge < -0.3 is 36.1 Å². The van der Waals surface area contributed by atoms with E-state index in [1.807, 2.05) is 31.7 Å². The lowest BCUT2D eigenvalue weighted by Crippen LogP contribution is -2.57. The fourth-order valence-electron chi connectivity index (χ4n) is 4.54. The molecule has 1 amide bonds. The molecule has 3 atom stereocenters. The number of aromatic nitrogens is 4. The van der Waals surface area contributed by atoms with Crippen LogP contribution in [0, 0.1) is 28.6 Å². The Labute approximate surface area is 277 Å². The highest BCUT2D eigenvalue weighted by atomic mass is 35.5. The van der Waals surface area contributed by atoms with Gasteiger partial charge in [0.25, 0.3) is 0 Å². The van der Waals surface area contributed by atoms with Crippen LogP contribution in [0.4, 0.5) is 27.9 Å². The number of nitrogens with zero attached hydrogens (tertiary/aromatic N) is 7. The van der Waals surface area contributed by atoms with Crippen molar-refractivity contribution in [3.05, 3.63) is 34.6 Å². The Morgan fingerprint density at radius 3 is 2.60 bits per heavy atom. The first-order chi connectivity index (χ1) is 20.6. The van der Waals surface area contributed by atoms with Gasteiger partial charge in [0.05, 0.1) is 53.9 Å². The summed E-state index contributed by atoms with van der Waals surface area (Å²) in [7, 11) is 1.25. The number of fused-ring (bicyclic) bond motifs is 1. The summed E-state index contributed by atoms with van der Waals surface area (Å²) in [5.74, 6) is -0.247. The molecule has 45 heavy (non-hydrogen) atoms. The Kier molecular flexibility index (Phi) is 13.2. The number of carbonyl (C=O) groups excluding carboxylic acids is 2. The third-order valence-corrected chi connectivity index (χ3v) is 7.29. The number of imidazole rings is 1. The maximum atomic E-state index is 12.8. The van der Waals surface area contributed by atoms with Crippen LogP contribution in [-0.2, 0) is 14.3 Å². The Balaban J connectivity index is 0.00000353. The zero-order chi connectivity index (χ0) is 31.3. The van der Waals surface area contributed by atoms with Crippen LogP contribution in [0.1, 0.15) is 38.4 Å². The SMILES string of the molecule is CCNc1nc(Nc2cc(C#N)cc(N3CCC(NC(=O)OC)C(OC(=O)C(N)C(C)C)C3)c2Cl)nn2c(C#N)cnc12.Cl.Cl. The number of carbonyl (C=O) groups is 2. The molecule has 3 unspecified atom stereocenters. The standard InChI is InChI=1S/C27H32ClN11O4.2ClH/c1-5-32-23-24-33-12-16(11-30)39(24)37-26(36-23)34-18-8-15(10-29)9-19(21(18)28)38-7-6-17(35-27(41)42-4)20(13-38)43-25(40)22(31)14(2)3;;/h8-9,12,14,17,20,22H,5-7,13,31H2,1-4H3,(H,35,41)(H2,32,34,36,37);2*1H. The summed E-state index contributed by atoms with van der Waals surface area (Å²) in [6.45, 7) is 6.60. The number of benzene rings is 1. The van der Waals surface area contributed by atoms with Crippen molar-refractivity contribution in [3.63, 3.8) is 0 Å². The van der Waals surface area contributed by atoms with E-state index in [9.17, 15) is 20.1 Å². The number of piperidine rings is 1. The minimum atomic E-state index is -0.850. The topological polar surface area (TPSA) is 209 Å². The molecular weight excluding hydrogens is 649 g/mol. The molecule has 3 heterocycles. The summed E-state index contributed by atoms with van der Waals surface area (Å²) in [6.07, 6.45) is 0.326. The second-order valence-electron chi connectivity index (χ2n) is 10.1. The zero-order valence-electron chi connectivity index (χ0n) is 24.9. The smallest absolute Gasteiger partial charge is 0.407 e. The number of halogens is 3. The molecule has 3 aromatic rings. The molecule has 0 spiro atoms. The number of rotatable bonds is 9. The molecule has 0 bridgehead atoms. The van der Waals surface area contributed by atoms with Crippen molar-refractivity contribution in [2.75, 3.05) is 42.3 Å². The highest BCUT2D eigenvalue weighted by Gasteiger charge is 2.36. The van der Waals surface area contributed by atoms with E-state index in [4.69, 9.17) is 26.8 Å². The molecule has 2 aromatic heterocycles. The summed E-state index contributed by atoms with van der Waals surface area (Å²) in [5.41, 5.74) is 7.72. The lowest BCUT2D eigenvalue weighted by Gasteiger charge is -2.40. The van der Waals surface area contributed by atoms with Gasteiger partial charge in [-0.05, 0) is 31.4 Å². The van der Waals surface area contributed by atoms with Gasteiger partial charge in [-0.3, -0.25) is 4.79 Å². The molecule has 242 valence electrons. The second kappa shape index (κ2) is 16.2. The molecular formula is C27H34Cl3N11O4. The minimum absolute atomic E-state index is 0. The number of esters is 1. The van der Waals surface area contributed by atoms with Gasteiger partial charge in [0.1, 0.15) is 18.2 Å². The molecule has 5 N–H and O–H groups in total. The van der Waals surface area contributed by atoms with Crippen molar-refractivity contribution in [3.8, 4) is 12.1 Å². The normalized spacial score (nSPS) is 16.3. The van der Waals surface area contributed by atoms with Crippen LogP contribution >= 0.6 is 36.4 Å². The van der Waals surface area contributed by atoms with Crippen LogP contribution in [0.25, 0.3) is 5.65 Å². The first kappa shape index (κ1) is 36.9. The lowest BCUT2D eigenvalue weighted by atomic mass is 9.99. The van der Waals surface area contributed by atoms with Gasteiger partial charge in [-0.2, -0.15) is 20.0 Å². The number of nitriles is 2. The first-order valence-electron chi connectivity index (χ1n) is 13.6. The molecule has 18 heteroatoms. The molecule has 0 radical (unpaired) electrons. The van der Waals surface area contributed by atoms with E-state index >= 15 is 0 Å². The first-order valence-corrected chi connectivity index (χ1v) is 13.9.